The van der Waals surface area contributed by atoms with Crippen LogP contribution in [0.5, 0.6) is 11.6 Å². The van der Waals surface area contributed by atoms with E-state index in [4.69, 9.17) is 22.8 Å². The molecule has 0 bridgehead atoms. The minimum Gasteiger partial charge on any atom is -0.439 e. The van der Waals surface area contributed by atoms with E-state index < -0.39 is 0 Å². The van der Waals surface area contributed by atoms with Gasteiger partial charge >= 0.3 is 0 Å². The van der Waals surface area contributed by atoms with E-state index in [9.17, 15) is 0 Å². The molecule has 1 aromatic carbocycles. The summed E-state index contributed by atoms with van der Waals surface area (Å²) in [5.41, 5.74) is 0.812. The van der Waals surface area contributed by atoms with E-state index in [1.165, 1.54) is 0 Å². The van der Waals surface area contributed by atoms with Crippen molar-refractivity contribution in [3.8, 4) is 24.0 Å². The molecule has 17 heavy (non-hydrogen) atoms. The van der Waals surface area contributed by atoms with Crippen molar-refractivity contribution in [1.82, 2.24) is 4.98 Å². The molecular formula is C14H10ClNO. The normalized spacial score (nSPS) is 9.65. The average Bonchev–Trinajstić information content (AvgIpc) is 2.30. The number of rotatable bonds is 3. The van der Waals surface area contributed by atoms with E-state index in [0.717, 1.165) is 5.69 Å². The van der Waals surface area contributed by atoms with Crippen molar-refractivity contribution in [3.63, 3.8) is 0 Å². The molecule has 0 atom stereocenters. The highest BCUT2D eigenvalue weighted by Crippen LogP contribution is 2.22. The van der Waals surface area contributed by atoms with Crippen LogP contribution >= 0.6 is 11.6 Å². The summed E-state index contributed by atoms with van der Waals surface area (Å²) < 4.78 is 5.58. The van der Waals surface area contributed by atoms with Crippen LogP contribution in [0.4, 0.5) is 0 Å². The number of halogens is 1. The van der Waals surface area contributed by atoms with Crippen LogP contribution < -0.4 is 4.74 Å². The van der Waals surface area contributed by atoms with Crippen LogP contribution in [0.2, 0.25) is 5.02 Å². The first kappa shape index (κ1) is 11.5. The Kier molecular flexibility index (Phi) is 3.64. The maximum atomic E-state index is 5.87. The molecule has 0 saturated carbocycles. The van der Waals surface area contributed by atoms with Crippen molar-refractivity contribution < 1.29 is 4.74 Å². The minimum absolute atomic E-state index is 0.493. The van der Waals surface area contributed by atoms with Crippen molar-refractivity contribution in [2.45, 2.75) is 6.42 Å². The summed E-state index contributed by atoms with van der Waals surface area (Å²) in [5.74, 6) is 3.71. The summed E-state index contributed by atoms with van der Waals surface area (Å²) in [7, 11) is 0. The number of aromatic nitrogens is 1. The highest BCUT2D eigenvalue weighted by atomic mass is 35.5. The monoisotopic (exact) mass is 243 g/mol. The minimum atomic E-state index is 0.493. The zero-order valence-electron chi connectivity index (χ0n) is 9.06. The van der Waals surface area contributed by atoms with Crippen LogP contribution in [0.3, 0.4) is 0 Å². The molecular weight excluding hydrogens is 234 g/mol. The van der Waals surface area contributed by atoms with Gasteiger partial charge in [-0.15, -0.1) is 12.3 Å². The molecule has 0 radical (unpaired) electrons. The van der Waals surface area contributed by atoms with Gasteiger partial charge in [-0.2, -0.15) is 0 Å². The average molecular weight is 244 g/mol. The Bertz CT molecular complexity index is 560. The molecule has 0 aliphatic heterocycles. The molecule has 0 unspecified atom stereocenters. The second-order valence-electron chi connectivity index (χ2n) is 3.41. The molecule has 2 rings (SSSR count). The standard InChI is InChI=1S/C14H10ClNO/c1-2-5-12-7-4-9-14(16-12)17-13-8-3-6-11(15)10-13/h1,3-4,6-10H,5H2. The Morgan fingerprint density at radius 1 is 1.24 bits per heavy atom. The van der Waals surface area contributed by atoms with E-state index in [0.29, 0.717) is 23.1 Å². The van der Waals surface area contributed by atoms with Crippen LogP contribution in [0.25, 0.3) is 0 Å². The van der Waals surface area contributed by atoms with Crippen molar-refractivity contribution in [2.75, 3.05) is 0 Å². The summed E-state index contributed by atoms with van der Waals surface area (Å²) in [6, 6.07) is 12.7. The molecule has 0 saturated heterocycles. The summed E-state index contributed by atoms with van der Waals surface area (Å²) in [4.78, 5) is 4.28. The quantitative estimate of drug-likeness (QED) is 0.767. The predicted molar refractivity (Wildman–Crippen MR) is 68.3 cm³/mol. The van der Waals surface area contributed by atoms with Gasteiger partial charge in [-0.1, -0.05) is 23.7 Å². The lowest BCUT2D eigenvalue weighted by Crippen LogP contribution is -1.92. The first-order chi connectivity index (χ1) is 8.28. The largest absolute Gasteiger partial charge is 0.439 e. The molecule has 1 aromatic heterocycles. The number of hydrogen-bond donors (Lipinski definition) is 0. The van der Waals surface area contributed by atoms with Gasteiger partial charge in [-0.05, 0) is 24.3 Å². The van der Waals surface area contributed by atoms with Gasteiger partial charge in [0.25, 0.3) is 0 Å². The third kappa shape index (κ3) is 3.24. The van der Waals surface area contributed by atoms with E-state index in [2.05, 4.69) is 10.9 Å². The molecule has 3 heteroatoms. The lowest BCUT2D eigenvalue weighted by molar-refractivity contribution is 0.461. The van der Waals surface area contributed by atoms with Gasteiger partial charge in [0.15, 0.2) is 0 Å². The first-order valence-corrected chi connectivity index (χ1v) is 5.48. The second-order valence-corrected chi connectivity index (χ2v) is 3.84. The highest BCUT2D eigenvalue weighted by molar-refractivity contribution is 6.30. The molecule has 0 aliphatic rings. The van der Waals surface area contributed by atoms with Crippen LogP contribution in [-0.4, -0.2) is 4.98 Å². The summed E-state index contributed by atoms with van der Waals surface area (Å²) in [5, 5.41) is 0.627. The van der Waals surface area contributed by atoms with Crippen molar-refractivity contribution in [3.05, 3.63) is 53.2 Å². The fourth-order valence-corrected chi connectivity index (χ4v) is 1.55. The first-order valence-electron chi connectivity index (χ1n) is 5.11. The topological polar surface area (TPSA) is 22.1 Å². The highest BCUT2D eigenvalue weighted by Gasteiger charge is 2.00. The summed E-state index contributed by atoms with van der Waals surface area (Å²) in [6.45, 7) is 0. The van der Waals surface area contributed by atoms with Gasteiger partial charge in [-0.25, -0.2) is 4.98 Å². The number of hydrogen-bond acceptors (Lipinski definition) is 2. The molecule has 2 nitrogen and oxygen atoms in total. The Morgan fingerprint density at radius 2 is 2.06 bits per heavy atom. The smallest absolute Gasteiger partial charge is 0.219 e. The maximum absolute atomic E-state index is 5.87. The SMILES string of the molecule is C#CCc1cccc(Oc2cccc(Cl)c2)n1. The van der Waals surface area contributed by atoms with Gasteiger partial charge in [0.2, 0.25) is 5.88 Å². The Balaban J connectivity index is 2.19. The van der Waals surface area contributed by atoms with Gasteiger partial charge in [0, 0.05) is 11.1 Å². The van der Waals surface area contributed by atoms with E-state index >= 15 is 0 Å². The van der Waals surface area contributed by atoms with Gasteiger partial charge < -0.3 is 4.74 Å². The zero-order chi connectivity index (χ0) is 12.1. The Labute approximate surface area is 105 Å². The van der Waals surface area contributed by atoms with Gasteiger partial charge in [0.1, 0.15) is 5.75 Å². The third-order valence-electron chi connectivity index (χ3n) is 2.08. The number of ether oxygens (including phenoxy) is 1. The molecule has 0 aliphatic carbocycles. The van der Waals surface area contributed by atoms with E-state index in [1.807, 2.05) is 24.3 Å². The van der Waals surface area contributed by atoms with Gasteiger partial charge in [-0.3, -0.25) is 0 Å². The Morgan fingerprint density at radius 3 is 2.82 bits per heavy atom. The molecule has 0 N–H and O–H groups in total. The second kappa shape index (κ2) is 5.38. The van der Waals surface area contributed by atoms with Crippen molar-refractivity contribution in [1.29, 1.82) is 0 Å². The molecule has 0 spiro atoms. The molecule has 84 valence electrons. The maximum Gasteiger partial charge on any atom is 0.219 e. The summed E-state index contributed by atoms with van der Waals surface area (Å²) >= 11 is 5.87. The number of pyridine rings is 1. The van der Waals surface area contributed by atoms with E-state index in [1.54, 1.807) is 18.2 Å². The zero-order valence-corrected chi connectivity index (χ0v) is 9.82. The lowest BCUT2D eigenvalue weighted by Gasteiger charge is -2.05. The fraction of sp³-hybridized carbons (Fsp3) is 0.0714. The Hall–Kier alpha value is -1.98. The van der Waals surface area contributed by atoms with Crippen LogP contribution in [0.1, 0.15) is 5.69 Å². The van der Waals surface area contributed by atoms with Crippen molar-refractivity contribution in [2.24, 2.45) is 0 Å². The van der Waals surface area contributed by atoms with Crippen molar-refractivity contribution >= 4 is 11.6 Å². The van der Waals surface area contributed by atoms with Crippen LogP contribution in [0, 0.1) is 12.3 Å². The molecule has 0 fully saturated rings. The van der Waals surface area contributed by atoms with Crippen LogP contribution in [0.15, 0.2) is 42.5 Å². The molecule has 0 amide bonds. The van der Waals surface area contributed by atoms with Crippen LogP contribution in [-0.2, 0) is 6.42 Å². The number of benzene rings is 1. The van der Waals surface area contributed by atoms with Gasteiger partial charge in [0.05, 0.1) is 12.1 Å². The predicted octanol–water partition coefficient (Wildman–Crippen LogP) is 3.70. The summed E-state index contributed by atoms with van der Waals surface area (Å²) in [6.07, 6.45) is 5.73. The molecule has 1 heterocycles. The van der Waals surface area contributed by atoms with E-state index in [-0.39, 0.29) is 0 Å². The molecule has 2 aromatic rings. The number of nitrogens with zero attached hydrogens (tertiary/aromatic N) is 1. The lowest BCUT2D eigenvalue weighted by atomic mass is 10.3. The number of terminal acetylenes is 1. The third-order valence-corrected chi connectivity index (χ3v) is 2.32. The fourth-order valence-electron chi connectivity index (χ4n) is 1.37.